The van der Waals surface area contributed by atoms with Gasteiger partial charge in [0.2, 0.25) is 0 Å². The molecule has 2 nitrogen and oxygen atoms in total. The Hall–Kier alpha value is -1.70. The highest BCUT2D eigenvalue weighted by Gasteiger charge is 2.01. The lowest BCUT2D eigenvalue weighted by Gasteiger charge is -2.01. The van der Waals surface area contributed by atoms with Crippen LogP contribution in [0.25, 0.3) is 0 Å². The number of carbonyl (C=O) groups excluding carboxylic acids is 2. The van der Waals surface area contributed by atoms with E-state index in [-0.39, 0.29) is 5.78 Å². The number of allylic oxidation sites excluding steroid dienone is 7. The summed E-state index contributed by atoms with van der Waals surface area (Å²) in [4.78, 5) is 22.7. The minimum absolute atomic E-state index is 0.0836. The van der Waals surface area contributed by atoms with E-state index < -0.39 is 0 Å². The van der Waals surface area contributed by atoms with Crippen LogP contribution in [0.5, 0.6) is 0 Å². The van der Waals surface area contributed by atoms with Crippen molar-refractivity contribution in [1.82, 2.24) is 0 Å². The molecule has 0 spiro atoms. The van der Waals surface area contributed by atoms with Gasteiger partial charge in [0, 0.05) is 12.8 Å². The molecule has 2 heteroatoms. The predicted molar refractivity (Wildman–Crippen MR) is 109 cm³/mol. The van der Waals surface area contributed by atoms with Gasteiger partial charge >= 0.3 is 0 Å². The van der Waals surface area contributed by atoms with Crippen LogP contribution in [0.3, 0.4) is 0 Å². The normalized spacial score (nSPS) is 11.7. The van der Waals surface area contributed by atoms with E-state index in [4.69, 9.17) is 0 Å². The minimum Gasteiger partial charge on any atom is -0.300 e. The fourth-order valence-corrected chi connectivity index (χ4v) is 2.51. The van der Waals surface area contributed by atoms with Gasteiger partial charge in [-0.1, -0.05) is 82.4 Å². The number of rotatable bonds is 17. The van der Waals surface area contributed by atoms with Crippen LogP contribution < -0.4 is 0 Å². The smallest absolute Gasteiger partial charge is 0.178 e. The molecule has 0 aromatic carbocycles. The zero-order valence-corrected chi connectivity index (χ0v) is 16.1. The summed E-state index contributed by atoms with van der Waals surface area (Å²) in [6.45, 7) is 5.63. The lowest BCUT2D eigenvalue weighted by atomic mass is 10.0. The van der Waals surface area contributed by atoms with Gasteiger partial charge in [-0.15, -0.1) is 0 Å². The minimum atomic E-state index is -0.0836. The average molecular weight is 345 g/mol. The third-order valence-corrected chi connectivity index (χ3v) is 4.07. The van der Waals surface area contributed by atoms with Gasteiger partial charge in [0.05, 0.1) is 0 Å². The maximum atomic E-state index is 11.8. The lowest BCUT2D eigenvalue weighted by molar-refractivity contribution is -0.119. The van der Waals surface area contributed by atoms with Crippen molar-refractivity contribution in [1.29, 1.82) is 0 Å². The molecular weight excluding hydrogens is 308 g/mol. The number of carbonyl (C=O) groups is 2. The molecule has 0 atom stereocenters. The van der Waals surface area contributed by atoms with Crippen molar-refractivity contribution in [3.63, 3.8) is 0 Å². The number of hydrogen-bond acceptors (Lipinski definition) is 2. The van der Waals surface area contributed by atoms with E-state index in [2.05, 4.69) is 19.6 Å². The van der Waals surface area contributed by atoms with Crippen LogP contribution >= 0.6 is 0 Å². The maximum absolute atomic E-state index is 11.8. The highest BCUT2D eigenvalue weighted by atomic mass is 16.1. The zero-order chi connectivity index (χ0) is 18.6. The van der Waals surface area contributed by atoms with Crippen LogP contribution in [-0.2, 0) is 9.59 Å². The monoisotopic (exact) mass is 344 g/mol. The van der Waals surface area contributed by atoms with Gasteiger partial charge in [-0.05, 0) is 37.8 Å². The Morgan fingerprint density at radius 1 is 0.760 bits per heavy atom. The summed E-state index contributed by atoms with van der Waals surface area (Å²) in [6, 6.07) is 0. The van der Waals surface area contributed by atoms with Crippen molar-refractivity contribution in [3.05, 3.63) is 49.1 Å². The quantitative estimate of drug-likeness (QED) is 0.167. The third-order valence-electron chi connectivity index (χ3n) is 4.07. The molecule has 0 aromatic heterocycles. The van der Waals surface area contributed by atoms with Crippen molar-refractivity contribution in [2.24, 2.45) is 0 Å². The third kappa shape index (κ3) is 18.5. The number of Topliss-reactive ketones (excluding diaryl/α,β-unsaturated/α-hetero) is 1. The first kappa shape index (κ1) is 23.3. The molecule has 0 heterocycles. The molecule has 0 unspecified atom stereocenters. The van der Waals surface area contributed by atoms with Crippen LogP contribution in [0.4, 0.5) is 0 Å². The number of hydrogen-bond donors (Lipinski definition) is 0. The summed E-state index contributed by atoms with van der Waals surface area (Å²) < 4.78 is 0. The Kier molecular flexibility index (Phi) is 17.4. The van der Waals surface area contributed by atoms with E-state index in [1.807, 2.05) is 18.2 Å². The van der Waals surface area contributed by atoms with E-state index >= 15 is 0 Å². The van der Waals surface area contributed by atoms with Crippen molar-refractivity contribution in [3.8, 4) is 0 Å². The van der Waals surface area contributed by atoms with E-state index in [0.29, 0.717) is 5.78 Å². The highest BCUT2D eigenvalue weighted by Crippen LogP contribution is 2.10. The van der Waals surface area contributed by atoms with Crippen molar-refractivity contribution in [2.45, 2.75) is 84.0 Å². The Bertz CT molecular complexity index is 441. The van der Waals surface area contributed by atoms with Crippen LogP contribution in [0.1, 0.15) is 84.0 Å². The number of unbranched alkanes of at least 4 members (excludes halogenated alkanes) is 8. The van der Waals surface area contributed by atoms with Crippen LogP contribution in [0, 0.1) is 0 Å². The van der Waals surface area contributed by atoms with Crippen molar-refractivity contribution >= 4 is 11.6 Å². The lowest BCUT2D eigenvalue weighted by Crippen LogP contribution is -1.97. The average Bonchev–Trinajstić information content (AvgIpc) is 2.62. The summed E-state index contributed by atoms with van der Waals surface area (Å²) in [7, 11) is 0. The Morgan fingerprint density at radius 2 is 1.36 bits per heavy atom. The summed E-state index contributed by atoms with van der Waals surface area (Å²) >= 11 is 0. The van der Waals surface area contributed by atoms with E-state index in [0.717, 1.165) is 44.9 Å². The van der Waals surface area contributed by atoms with Gasteiger partial charge in [0.15, 0.2) is 5.78 Å². The van der Waals surface area contributed by atoms with E-state index in [9.17, 15) is 9.59 Å². The molecule has 0 saturated carbocycles. The molecule has 0 amide bonds. The topological polar surface area (TPSA) is 34.1 Å². The largest absolute Gasteiger partial charge is 0.300 e. The van der Waals surface area contributed by atoms with Crippen LogP contribution in [0.2, 0.25) is 0 Å². The van der Waals surface area contributed by atoms with Gasteiger partial charge < -0.3 is 0 Å². The second kappa shape index (κ2) is 18.6. The van der Waals surface area contributed by atoms with Crippen LogP contribution in [-0.4, -0.2) is 11.6 Å². The first-order chi connectivity index (χ1) is 12.2. The maximum Gasteiger partial charge on any atom is 0.178 e. The van der Waals surface area contributed by atoms with Gasteiger partial charge in [-0.2, -0.15) is 0 Å². The zero-order valence-electron chi connectivity index (χ0n) is 16.1. The standard InChI is InChI=1S/C23H36O2/c1-3-5-6-7-13-17-20-23(25)21-18-15-12-10-8-9-11-14-16-19-22(24)4-2/h4,8-9,11,14,16,19H,2-3,5-7,10,12-13,15,17-18,20-21H2,1H3/b9-8+,14-11+,19-16+. The summed E-state index contributed by atoms with van der Waals surface area (Å²) in [5.74, 6) is 0.356. The van der Waals surface area contributed by atoms with E-state index in [1.165, 1.54) is 44.3 Å². The molecule has 0 bridgehead atoms. The van der Waals surface area contributed by atoms with Gasteiger partial charge in [-0.3, -0.25) is 9.59 Å². The molecule has 0 aliphatic carbocycles. The molecule has 140 valence electrons. The first-order valence-corrected chi connectivity index (χ1v) is 9.88. The first-order valence-electron chi connectivity index (χ1n) is 9.88. The molecule has 0 saturated heterocycles. The predicted octanol–water partition coefficient (Wildman–Crippen LogP) is 6.68. The van der Waals surface area contributed by atoms with Gasteiger partial charge in [-0.25, -0.2) is 0 Å². The molecular formula is C23H36O2. The van der Waals surface area contributed by atoms with Crippen molar-refractivity contribution in [2.75, 3.05) is 0 Å². The second-order valence-electron chi connectivity index (χ2n) is 6.43. The SMILES string of the molecule is C=CC(=O)/C=C/C=C/C=C/CCCCCC(=O)CCCCCCCC. The van der Waals surface area contributed by atoms with Gasteiger partial charge in [0.1, 0.15) is 5.78 Å². The molecule has 0 fully saturated rings. The molecule has 0 N–H and O–H groups in total. The highest BCUT2D eigenvalue weighted by molar-refractivity contribution is 5.98. The molecule has 0 aliphatic rings. The molecule has 0 radical (unpaired) electrons. The molecule has 0 aliphatic heterocycles. The molecule has 0 rings (SSSR count). The van der Waals surface area contributed by atoms with E-state index in [1.54, 1.807) is 6.08 Å². The van der Waals surface area contributed by atoms with Crippen LogP contribution in [0.15, 0.2) is 49.1 Å². The van der Waals surface area contributed by atoms with Crippen molar-refractivity contribution < 1.29 is 9.59 Å². The number of ketones is 2. The van der Waals surface area contributed by atoms with Gasteiger partial charge in [0.25, 0.3) is 0 Å². The summed E-state index contributed by atoms with van der Waals surface area (Å²) in [5, 5.41) is 0. The Labute approximate surface area is 154 Å². The fourth-order valence-electron chi connectivity index (χ4n) is 2.51. The molecule has 0 aromatic rings. The second-order valence-corrected chi connectivity index (χ2v) is 6.43. The fraction of sp³-hybridized carbons (Fsp3) is 0.565. The molecule has 25 heavy (non-hydrogen) atoms. The Morgan fingerprint density at radius 3 is 2.04 bits per heavy atom. The summed E-state index contributed by atoms with van der Waals surface area (Å²) in [6.07, 6.45) is 25.6. The Balaban J connectivity index is 3.44. The summed E-state index contributed by atoms with van der Waals surface area (Å²) in [5.41, 5.74) is 0.